The minimum absolute atomic E-state index is 0.438. The van der Waals surface area contributed by atoms with Crippen molar-refractivity contribution in [2.45, 2.75) is 22.5 Å². The highest BCUT2D eigenvalue weighted by molar-refractivity contribution is 9.13. The van der Waals surface area contributed by atoms with Crippen LogP contribution < -0.4 is 0 Å². The minimum Gasteiger partial charge on any atom is -0.0875 e. The summed E-state index contributed by atoms with van der Waals surface area (Å²) in [6.45, 7) is 2.19. The predicted octanol–water partition coefficient (Wildman–Crippen LogP) is 2.31. The fourth-order valence-corrected chi connectivity index (χ4v) is 1.72. The van der Waals surface area contributed by atoms with Gasteiger partial charge in [0.1, 0.15) is 0 Å². The lowest BCUT2D eigenvalue weighted by atomic mass is 10.5. The molecular weight excluding hydrogens is 208 g/mol. The summed E-state index contributed by atoms with van der Waals surface area (Å²) in [5.74, 6) is 0. The zero-order valence-corrected chi connectivity index (χ0v) is 6.71. The molecule has 0 aliphatic heterocycles. The maximum atomic E-state index is 3.50. The van der Waals surface area contributed by atoms with Crippen LogP contribution in [-0.4, -0.2) is 9.15 Å². The fourth-order valence-electron chi connectivity index (χ4n) is 0.291. The van der Waals surface area contributed by atoms with Crippen LogP contribution in [0.4, 0.5) is 0 Å². The van der Waals surface area contributed by atoms with E-state index in [1.165, 1.54) is 6.42 Å². The summed E-state index contributed by atoms with van der Waals surface area (Å²) >= 11 is 6.96. The molecule has 36 valence electrons. The van der Waals surface area contributed by atoms with Crippen molar-refractivity contribution < 1.29 is 0 Å². The second-order valence-electron chi connectivity index (χ2n) is 1.95. The van der Waals surface area contributed by atoms with Gasteiger partial charge in [-0.25, -0.2) is 0 Å². The Morgan fingerprint density at radius 2 is 2.00 bits per heavy atom. The van der Waals surface area contributed by atoms with Crippen LogP contribution >= 0.6 is 31.9 Å². The standard InChI is InChI=1S/C4H6Br2/c1-4(6)2-3(4)5/h3H,2H2,1H3/t3-,4-/m1/s1. The second-order valence-corrected chi connectivity index (χ2v) is 4.87. The number of hydrogen-bond acceptors (Lipinski definition) is 0. The summed E-state index contributed by atoms with van der Waals surface area (Å²) in [6, 6.07) is 0. The topological polar surface area (TPSA) is 0 Å². The lowest BCUT2D eigenvalue weighted by Crippen LogP contribution is -1.88. The predicted molar refractivity (Wildman–Crippen MR) is 34.7 cm³/mol. The van der Waals surface area contributed by atoms with Crippen molar-refractivity contribution in [3.8, 4) is 0 Å². The molecule has 0 aromatic carbocycles. The van der Waals surface area contributed by atoms with E-state index in [1.807, 2.05) is 0 Å². The molecule has 1 aliphatic carbocycles. The Morgan fingerprint density at radius 3 is 2.00 bits per heavy atom. The minimum atomic E-state index is 0.438. The third-order valence-electron chi connectivity index (χ3n) is 1.07. The van der Waals surface area contributed by atoms with Gasteiger partial charge in [-0.05, 0) is 13.3 Å². The number of halogens is 2. The Balaban J connectivity index is 2.41. The molecule has 0 nitrogen and oxygen atoms in total. The van der Waals surface area contributed by atoms with Crippen LogP contribution in [0.25, 0.3) is 0 Å². The smallest absolute Gasteiger partial charge is 0.0366 e. The molecule has 2 heteroatoms. The van der Waals surface area contributed by atoms with Gasteiger partial charge in [-0.3, -0.25) is 0 Å². The molecule has 0 saturated heterocycles. The Hall–Kier alpha value is 0.960. The van der Waals surface area contributed by atoms with Gasteiger partial charge in [-0.15, -0.1) is 0 Å². The van der Waals surface area contributed by atoms with E-state index >= 15 is 0 Å². The lowest BCUT2D eigenvalue weighted by Gasteiger charge is -1.87. The van der Waals surface area contributed by atoms with Crippen LogP contribution in [0, 0.1) is 0 Å². The Labute approximate surface area is 54.6 Å². The molecular formula is C4H6Br2. The summed E-state index contributed by atoms with van der Waals surface area (Å²) in [6.07, 6.45) is 1.27. The van der Waals surface area contributed by atoms with E-state index < -0.39 is 0 Å². The van der Waals surface area contributed by atoms with Crippen LogP contribution in [0.2, 0.25) is 0 Å². The molecule has 0 spiro atoms. The largest absolute Gasteiger partial charge is 0.0875 e. The first kappa shape index (κ1) is 5.10. The molecule has 0 amide bonds. The molecule has 0 unspecified atom stereocenters. The summed E-state index contributed by atoms with van der Waals surface area (Å²) in [4.78, 5) is 0.727. The van der Waals surface area contributed by atoms with Gasteiger partial charge in [0, 0.05) is 9.15 Å². The third-order valence-corrected chi connectivity index (χ3v) is 3.90. The first-order chi connectivity index (χ1) is 2.63. The van der Waals surface area contributed by atoms with E-state index in [0.717, 1.165) is 4.83 Å². The molecule has 0 radical (unpaired) electrons. The first-order valence-corrected chi connectivity index (χ1v) is 3.67. The number of hydrogen-bond donors (Lipinski definition) is 0. The van der Waals surface area contributed by atoms with Gasteiger partial charge in [-0.2, -0.15) is 0 Å². The number of alkyl halides is 2. The van der Waals surface area contributed by atoms with Crippen LogP contribution in [0.3, 0.4) is 0 Å². The van der Waals surface area contributed by atoms with Crippen LogP contribution in [0.1, 0.15) is 13.3 Å². The van der Waals surface area contributed by atoms with Crippen LogP contribution in [-0.2, 0) is 0 Å². The molecule has 6 heavy (non-hydrogen) atoms. The Morgan fingerprint density at radius 1 is 1.83 bits per heavy atom. The normalized spacial score (nSPS) is 55.5. The number of rotatable bonds is 0. The van der Waals surface area contributed by atoms with Crippen molar-refractivity contribution >= 4 is 31.9 Å². The Bertz CT molecular complexity index is 67.9. The molecule has 0 bridgehead atoms. The van der Waals surface area contributed by atoms with Crippen molar-refractivity contribution in [3.63, 3.8) is 0 Å². The molecule has 0 aromatic heterocycles. The molecule has 1 rings (SSSR count). The summed E-state index contributed by atoms with van der Waals surface area (Å²) in [7, 11) is 0. The zero-order chi connectivity index (χ0) is 4.78. The quantitative estimate of drug-likeness (QED) is 0.542. The second kappa shape index (κ2) is 1.22. The van der Waals surface area contributed by atoms with Crippen molar-refractivity contribution in [2.75, 3.05) is 0 Å². The average molecular weight is 214 g/mol. The van der Waals surface area contributed by atoms with Crippen molar-refractivity contribution in [1.29, 1.82) is 0 Å². The Kier molecular flexibility index (Phi) is 1.04. The van der Waals surface area contributed by atoms with Gasteiger partial charge in [0.25, 0.3) is 0 Å². The van der Waals surface area contributed by atoms with Crippen molar-refractivity contribution in [3.05, 3.63) is 0 Å². The maximum absolute atomic E-state index is 3.50. The molecule has 1 aliphatic rings. The van der Waals surface area contributed by atoms with E-state index in [2.05, 4.69) is 38.8 Å². The van der Waals surface area contributed by atoms with Crippen LogP contribution in [0.5, 0.6) is 0 Å². The van der Waals surface area contributed by atoms with Gasteiger partial charge in [-0.1, -0.05) is 31.9 Å². The molecule has 1 saturated carbocycles. The van der Waals surface area contributed by atoms with Gasteiger partial charge in [0.05, 0.1) is 0 Å². The summed E-state index contributed by atoms with van der Waals surface area (Å²) < 4.78 is 0.438. The van der Waals surface area contributed by atoms with Crippen molar-refractivity contribution in [2.24, 2.45) is 0 Å². The van der Waals surface area contributed by atoms with E-state index in [4.69, 9.17) is 0 Å². The highest BCUT2D eigenvalue weighted by Crippen LogP contribution is 2.49. The van der Waals surface area contributed by atoms with E-state index in [0.29, 0.717) is 4.32 Å². The third kappa shape index (κ3) is 0.784. The summed E-state index contributed by atoms with van der Waals surface area (Å²) in [5, 5.41) is 0. The average Bonchev–Trinajstić information content (AvgIpc) is 1.73. The highest BCUT2D eigenvalue weighted by Gasteiger charge is 2.45. The van der Waals surface area contributed by atoms with Gasteiger partial charge in [0.2, 0.25) is 0 Å². The highest BCUT2D eigenvalue weighted by atomic mass is 79.9. The molecule has 2 atom stereocenters. The van der Waals surface area contributed by atoms with Gasteiger partial charge in [0.15, 0.2) is 0 Å². The maximum Gasteiger partial charge on any atom is 0.0366 e. The van der Waals surface area contributed by atoms with E-state index in [-0.39, 0.29) is 0 Å². The van der Waals surface area contributed by atoms with E-state index in [1.54, 1.807) is 0 Å². The molecule has 1 fully saturated rings. The monoisotopic (exact) mass is 212 g/mol. The molecule has 0 N–H and O–H groups in total. The zero-order valence-electron chi connectivity index (χ0n) is 3.54. The van der Waals surface area contributed by atoms with Gasteiger partial charge < -0.3 is 0 Å². The van der Waals surface area contributed by atoms with Crippen molar-refractivity contribution in [1.82, 2.24) is 0 Å². The summed E-state index contributed by atoms with van der Waals surface area (Å²) in [5.41, 5.74) is 0. The lowest BCUT2D eigenvalue weighted by molar-refractivity contribution is 1.09. The first-order valence-electron chi connectivity index (χ1n) is 1.96. The van der Waals surface area contributed by atoms with Crippen LogP contribution in [0.15, 0.2) is 0 Å². The molecule has 0 aromatic rings. The SMILES string of the molecule is C[C@@]1(Br)C[C@H]1Br. The molecule has 0 heterocycles. The fraction of sp³-hybridized carbons (Fsp3) is 1.00. The van der Waals surface area contributed by atoms with E-state index in [9.17, 15) is 0 Å². The van der Waals surface area contributed by atoms with Gasteiger partial charge >= 0.3 is 0 Å².